The predicted molar refractivity (Wildman–Crippen MR) is 134 cm³/mol. The summed E-state index contributed by atoms with van der Waals surface area (Å²) in [6.07, 6.45) is 12.4. The van der Waals surface area contributed by atoms with Crippen molar-refractivity contribution in [2.75, 3.05) is 26.2 Å². The van der Waals surface area contributed by atoms with Crippen LogP contribution in [0.25, 0.3) is 11.3 Å². The van der Waals surface area contributed by atoms with Gasteiger partial charge in [-0.3, -0.25) is 9.78 Å². The predicted octanol–water partition coefficient (Wildman–Crippen LogP) is 4.84. The lowest BCUT2D eigenvalue weighted by Gasteiger charge is -2.40. The molecule has 8 heteroatoms. The van der Waals surface area contributed by atoms with E-state index in [1.54, 1.807) is 18.5 Å². The third-order valence-electron chi connectivity index (χ3n) is 7.79. The van der Waals surface area contributed by atoms with Crippen LogP contribution in [0.15, 0.2) is 35.1 Å². The molecular weight excluding hydrogens is 444 g/mol. The van der Waals surface area contributed by atoms with Gasteiger partial charge in [-0.2, -0.15) is 0 Å². The first kappa shape index (κ1) is 25.2. The largest absolute Gasteiger partial charge is 0.465 e. The second-order valence-corrected chi connectivity index (χ2v) is 10.3. The zero-order valence-electron chi connectivity index (χ0n) is 20.7. The number of hydrogen-bond donors (Lipinski definition) is 3. The molecule has 1 saturated heterocycles. The van der Waals surface area contributed by atoms with Gasteiger partial charge in [-0.1, -0.05) is 25.3 Å². The number of likely N-dealkylation sites (tertiary alicyclic amines) is 1. The highest BCUT2D eigenvalue weighted by Crippen LogP contribution is 2.42. The molecule has 0 aromatic carbocycles. The molecule has 2 aliphatic rings. The Hall–Kier alpha value is -2.87. The SMILES string of the molecule is Cc1ccc(-c2ccoc2C(=O)NC2CCN(CCC3(CCNC(=O)O)CCCCC3)CC2)nc1. The molecule has 1 aliphatic carbocycles. The van der Waals surface area contributed by atoms with E-state index in [4.69, 9.17) is 9.52 Å². The summed E-state index contributed by atoms with van der Waals surface area (Å²) in [6, 6.07) is 5.81. The highest BCUT2D eigenvalue weighted by atomic mass is 16.4. The molecule has 4 rings (SSSR count). The summed E-state index contributed by atoms with van der Waals surface area (Å²) in [6.45, 7) is 5.47. The van der Waals surface area contributed by atoms with Gasteiger partial charge in [-0.25, -0.2) is 4.79 Å². The number of carboxylic acid groups (broad SMARTS) is 1. The molecule has 1 saturated carbocycles. The molecule has 2 aromatic heterocycles. The van der Waals surface area contributed by atoms with Gasteiger partial charge in [0.25, 0.3) is 5.91 Å². The van der Waals surface area contributed by atoms with Crippen molar-refractivity contribution in [1.82, 2.24) is 20.5 Å². The van der Waals surface area contributed by atoms with Crippen molar-refractivity contribution >= 4 is 12.0 Å². The van der Waals surface area contributed by atoms with Crippen molar-refractivity contribution < 1.29 is 19.1 Å². The quantitative estimate of drug-likeness (QED) is 0.472. The number of nitrogens with zero attached hydrogens (tertiary/aromatic N) is 2. The number of aromatic nitrogens is 1. The average molecular weight is 483 g/mol. The number of aryl methyl sites for hydroxylation is 1. The second kappa shape index (κ2) is 11.7. The molecular formula is C27H38N4O4. The molecule has 2 amide bonds. The van der Waals surface area contributed by atoms with Crippen molar-refractivity contribution in [1.29, 1.82) is 0 Å². The molecule has 8 nitrogen and oxygen atoms in total. The molecule has 0 spiro atoms. The lowest BCUT2D eigenvalue weighted by molar-refractivity contribution is 0.0865. The topological polar surface area (TPSA) is 108 Å². The Balaban J connectivity index is 1.25. The van der Waals surface area contributed by atoms with E-state index in [9.17, 15) is 9.59 Å². The van der Waals surface area contributed by atoms with Crippen LogP contribution < -0.4 is 10.6 Å². The van der Waals surface area contributed by atoms with Crippen molar-refractivity contribution in [3.63, 3.8) is 0 Å². The molecule has 0 atom stereocenters. The molecule has 0 bridgehead atoms. The maximum absolute atomic E-state index is 12.9. The van der Waals surface area contributed by atoms with Crippen molar-refractivity contribution in [3.8, 4) is 11.3 Å². The van der Waals surface area contributed by atoms with E-state index < -0.39 is 6.09 Å². The van der Waals surface area contributed by atoms with E-state index in [1.807, 2.05) is 19.1 Å². The van der Waals surface area contributed by atoms with E-state index in [0.717, 1.165) is 62.1 Å². The van der Waals surface area contributed by atoms with Crippen molar-refractivity contribution in [2.24, 2.45) is 5.41 Å². The van der Waals surface area contributed by atoms with Gasteiger partial charge >= 0.3 is 6.09 Å². The Morgan fingerprint density at radius 3 is 2.60 bits per heavy atom. The summed E-state index contributed by atoms with van der Waals surface area (Å²) in [5.41, 5.74) is 2.78. The third-order valence-corrected chi connectivity index (χ3v) is 7.79. The number of nitrogens with one attached hydrogen (secondary N) is 2. The summed E-state index contributed by atoms with van der Waals surface area (Å²) in [4.78, 5) is 30.8. The zero-order valence-corrected chi connectivity index (χ0v) is 20.7. The Morgan fingerprint density at radius 2 is 1.91 bits per heavy atom. The highest BCUT2D eigenvalue weighted by molar-refractivity contribution is 5.97. The first-order valence-corrected chi connectivity index (χ1v) is 12.9. The van der Waals surface area contributed by atoms with Crippen LogP contribution in [0.4, 0.5) is 4.79 Å². The minimum atomic E-state index is -0.933. The lowest BCUT2D eigenvalue weighted by atomic mass is 9.69. The smallest absolute Gasteiger partial charge is 0.404 e. The summed E-state index contributed by atoms with van der Waals surface area (Å²) in [5.74, 6) is 0.135. The molecule has 35 heavy (non-hydrogen) atoms. The van der Waals surface area contributed by atoms with Gasteiger partial charge in [0.05, 0.1) is 17.5 Å². The number of furan rings is 1. The van der Waals surface area contributed by atoms with E-state index in [1.165, 1.54) is 32.1 Å². The molecule has 0 radical (unpaired) electrons. The first-order chi connectivity index (χ1) is 16.9. The molecule has 0 unspecified atom stereocenters. The zero-order chi connectivity index (χ0) is 24.7. The van der Waals surface area contributed by atoms with E-state index in [-0.39, 0.29) is 17.4 Å². The average Bonchev–Trinajstić information content (AvgIpc) is 3.35. The Bertz CT molecular complexity index is 973. The van der Waals surface area contributed by atoms with Gasteiger partial charge in [0, 0.05) is 31.9 Å². The van der Waals surface area contributed by atoms with Gasteiger partial charge in [0.15, 0.2) is 0 Å². The fourth-order valence-electron chi connectivity index (χ4n) is 5.62. The maximum atomic E-state index is 12.9. The van der Waals surface area contributed by atoms with Crippen LogP contribution in [0.3, 0.4) is 0 Å². The van der Waals surface area contributed by atoms with Gasteiger partial charge in [0.1, 0.15) is 0 Å². The van der Waals surface area contributed by atoms with Gasteiger partial charge in [-0.05, 0) is 75.1 Å². The number of hydrogen-bond acceptors (Lipinski definition) is 5. The van der Waals surface area contributed by atoms with Crippen LogP contribution >= 0.6 is 0 Å². The van der Waals surface area contributed by atoms with Crippen molar-refractivity contribution in [2.45, 2.75) is 70.8 Å². The third kappa shape index (κ3) is 6.84. The van der Waals surface area contributed by atoms with Crippen LogP contribution in [0.5, 0.6) is 0 Å². The Kier molecular flexibility index (Phi) is 8.44. The summed E-state index contributed by atoms with van der Waals surface area (Å²) in [5, 5.41) is 14.7. The van der Waals surface area contributed by atoms with E-state index in [2.05, 4.69) is 20.5 Å². The van der Waals surface area contributed by atoms with E-state index >= 15 is 0 Å². The number of rotatable bonds is 9. The number of carbonyl (C=O) groups is 2. The summed E-state index contributed by atoms with van der Waals surface area (Å²) in [7, 11) is 0. The molecule has 1 aliphatic heterocycles. The van der Waals surface area contributed by atoms with E-state index in [0.29, 0.717) is 12.3 Å². The Labute approximate surface area is 207 Å². The van der Waals surface area contributed by atoms with Gasteiger partial charge < -0.3 is 25.1 Å². The Morgan fingerprint density at radius 1 is 1.14 bits per heavy atom. The lowest BCUT2D eigenvalue weighted by Crippen LogP contribution is -2.45. The first-order valence-electron chi connectivity index (χ1n) is 12.9. The molecule has 2 aromatic rings. The summed E-state index contributed by atoms with van der Waals surface area (Å²) < 4.78 is 5.53. The monoisotopic (exact) mass is 482 g/mol. The standard InChI is InChI=1S/C27H38N4O4/c1-20-5-6-23(29-19-20)22-9-18-35-24(22)25(32)30-21-7-15-31(16-8-21)17-13-27(10-3-2-4-11-27)12-14-28-26(33)34/h5-6,9,18-19,21,28H,2-4,7-8,10-17H2,1H3,(H,30,32)(H,33,34). The number of amides is 2. The normalized spacial score (nSPS) is 18.8. The van der Waals surface area contributed by atoms with Gasteiger partial charge in [-0.15, -0.1) is 0 Å². The van der Waals surface area contributed by atoms with Crippen molar-refractivity contribution in [3.05, 3.63) is 42.0 Å². The number of piperidine rings is 1. The van der Waals surface area contributed by atoms with Crippen LogP contribution in [0, 0.1) is 12.3 Å². The highest BCUT2D eigenvalue weighted by Gasteiger charge is 2.33. The fraction of sp³-hybridized carbons (Fsp3) is 0.593. The van der Waals surface area contributed by atoms with Gasteiger partial charge in [0.2, 0.25) is 5.76 Å². The molecule has 3 heterocycles. The number of pyridine rings is 1. The van der Waals surface area contributed by atoms with Crippen LogP contribution in [0.1, 0.15) is 73.9 Å². The minimum Gasteiger partial charge on any atom is -0.465 e. The molecule has 190 valence electrons. The van der Waals surface area contributed by atoms with Crippen LogP contribution in [-0.4, -0.2) is 59.2 Å². The molecule has 2 fully saturated rings. The van der Waals surface area contributed by atoms with Crippen LogP contribution in [-0.2, 0) is 0 Å². The van der Waals surface area contributed by atoms with Crippen LogP contribution in [0.2, 0.25) is 0 Å². The number of carbonyl (C=O) groups excluding carboxylic acids is 1. The fourth-order valence-corrected chi connectivity index (χ4v) is 5.62. The molecule has 3 N–H and O–H groups in total. The summed E-state index contributed by atoms with van der Waals surface area (Å²) >= 11 is 0. The second-order valence-electron chi connectivity index (χ2n) is 10.3. The maximum Gasteiger partial charge on any atom is 0.404 e. The minimum absolute atomic E-state index is 0.131.